The van der Waals surface area contributed by atoms with Gasteiger partial charge in [0.15, 0.2) is 0 Å². The zero-order chi connectivity index (χ0) is 8.81. The van der Waals surface area contributed by atoms with E-state index in [9.17, 15) is 0 Å². The highest BCUT2D eigenvalue weighted by Gasteiger charge is 2.29. The van der Waals surface area contributed by atoms with Gasteiger partial charge < -0.3 is 19.3 Å². The molecule has 0 aromatic carbocycles. The summed E-state index contributed by atoms with van der Waals surface area (Å²) >= 11 is 0. The molecule has 0 spiro atoms. The van der Waals surface area contributed by atoms with E-state index in [1.807, 2.05) is 6.92 Å². The van der Waals surface area contributed by atoms with Crippen molar-refractivity contribution in [2.45, 2.75) is 19.1 Å². The molecule has 0 amide bonds. The first-order valence-corrected chi connectivity index (χ1v) is 4.26. The van der Waals surface area contributed by atoms with Gasteiger partial charge in [-0.15, -0.1) is 0 Å². The Kier molecular flexibility index (Phi) is 4.53. The van der Waals surface area contributed by atoms with Crippen LogP contribution in [-0.2, 0) is 14.2 Å². The molecule has 0 saturated carbocycles. The van der Waals surface area contributed by atoms with E-state index in [4.69, 9.17) is 19.3 Å². The van der Waals surface area contributed by atoms with E-state index in [0.29, 0.717) is 25.9 Å². The molecular weight excluding hydrogens is 160 g/mol. The van der Waals surface area contributed by atoms with Crippen LogP contribution in [0.25, 0.3) is 0 Å². The van der Waals surface area contributed by atoms with Gasteiger partial charge in [-0.1, -0.05) is 0 Å². The number of hydrogen-bond acceptors (Lipinski definition) is 4. The fourth-order valence-corrected chi connectivity index (χ4v) is 0.893. The Bertz CT molecular complexity index is 114. The van der Waals surface area contributed by atoms with Gasteiger partial charge in [0.05, 0.1) is 39.1 Å². The Hall–Kier alpha value is -0.160. The number of hydrogen-bond donors (Lipinski definition) is 1. The molecule has 1 aliphatic heterocycles. The predicted octanol–water partition coefficient (Wildman–Crippen LogP) is -0.201. The average molecular weight is 176 g/mol. The standard InChI is InChI=1S/C8H16O4/c1-7(8-6-12-8)11-5-4-10-3-2-9/h7-9H,2-6H2,1H3. The molecule has 72 valence electrons. The zero-order valence-electron chi connectivity index (χ0n) is 7.36. The number of epoxide rings is 1. The second-order valence-electron chi connectivity index (χ2n) is 2.78. The van der Waals surface area contributed by atoms with Gasteiger partial charge >= 0.3 is 0 Å². The van der Waals surface area contributed by atoms with E-state index in [0.717, 1.165) is 6.61 Å². The molecule has 0 aromatic heterocycles. The summed E-state index contributed by atoms with van der Waals surface area (Å²) in [6, 6.07) is 0. The van der Waals surface area contributed by atoms with Crippen molar-refractivity contribution in [1.82, 2.24) is 0 Å². The van der Waals surface area contributed by atoms with Crippen molar-refractivity contribution in [3.8, 4) is 0 Å². The lowest BCUT2D eigenvalue weighted by molar-refractivity contribution is -0.00500. The fourth-order valence-electron chi connectivity index (χ4n) is 0.893. The van der Waals surface area contributed by atoms with Crippen molar-refractivity contribution < 1.29 is 19.3 Å². The van der Waals surface area contributed by atoms with Crippen LogP contribution in [0.15, 0.2) is 0 Å². The van der Waals surface area contributed by atoms with Gasteiger partial charge in [-0.2, -0.15) is 0 Å². The van der Waals surface area contributed by atoms with Crippen LogP contribution in [0.5, 0.6) is 0 Å². The maximum Gasteiger partial charge on any atom is 0.107 e. The summed E-state index contributed by atoms with van der Waals surface area (Å²) in [5.74, 6) is 0. The van der Waals surface area contributed by atoms with Crippen LogP contribution in [0.2, 0.25) is 0 Å². The molecule has 1 heterocycles. The fraction of sp³-hybridized carbons (Fsp3) is 1.00. The van der Waals surface area contributed by atoms with E-state index < -0.39 is 0 Å². The predicted molar refractivity (Wildman–Crippen MR) is 43.1 cm³/mol. The normalized spacial score (nSPS) is 24.0. The summed E-state index contributed by atoms with van der Waals surface area (Å²) in [6.45, 7) is 4.37. The van der Waals surface area contributed by atoms with Crippen molar-refractivity contribution in [2.24, 2.45) is 0 Å². The van der Waals surface area contributed by atoms with Gasteiger partial charge in [0.25, 0.3) is 0 Å². The van der Waals surface area contributed by atoms with Crippen LogP contribution in [-0.4, -0.2) is 50.3 Å². The molecule has 0 aromatic rings. The lowest BCUT2D eigenvalue weighted by Crippen LogP contribution is -2.18. The van der Waals surface area contributed by atoms with Gasteiger partial charge in [-0.25, -0.2) is 0 Å². The molecule has 0 radical (unpaired) electrons. The summed E-state index contributed by atoms with van der Waals surface area (Å²) in [5.41, 5.74) is 0. The molecule has 1 fully saturated rings. The van der Waals surface area contributed by atoms with E-state index in [2.05, 4.69) is 0 Å². The number of ether oxygens (including phenoxy) is 3. The smallest absolute Gasteiger partial charge is 0.107 e. The maximum atomic E-state index is 8.39. The van der Waals surface area contributed by atoms with Gasteiger partial charge in [0.2, 0.25) is 0 Å². The molecule has 1 N–H and O–H groups in total. The third kappa shape index (κ3) is 4.01. The first kappa shape index (κ1) is 9.92. The summed E-state index contributed by atoms with van der Waals surface area (Å²) in [7, 11) is 0. The minimum Gasteiger partial charge on any atom is -0.394 e. The Balaban J connectivity index is 1.81. The lowest BCUT2D eigenvalue weighted by atomic mass is 10.3. The largest absolute Gasteiger partial charge is 0.394 e. The monoisotopic (exact) mass is 176 g/mol. The summed E-state index contributed by atoms with van der Waals surface area (Å²) < 4.78 is 15.4. The topological polar surface area (TPSA) is 51.2 Å². The molecule has 0 aliphatic carbocycles. The molecule has 12 heavy (non-hydrogen) atoms. The van der Waals surface area contributed by atoms with E-state index in [1.54, 1.807) is 0 Å². The molecule has 4 heteroatoms. The Labute approximate surface area is 72.4 Å². The Morgan fingerprint density at radius 2 is 2.25 bits per heavy atom. The van der Waals surface area contributed by atoms with Crippen molar-refractivity contribution in [3.63, 3.8) is 0 Å². The highest BCUT2D eigenvalue weighted by Crippen LogP contribution is 2.15. The number of aliphatic hydroxyl groups excluding tert-OH is 1. The third-order valence-corrected chi connectivity index (χ3v) is 1.73. The summed E-state index contributed by atoms with van der Waals surface area (Å²) in [4.78, 5) is 0. The molecule has 1 rings (SSSR count). The average Bonchev–Trinajstić information content (AvgIpc) is 2.86. The van der Waals surface area contributed by atoms with Crippen LogP contribution in [0.3, 0.4) is 0 Å². The molecule has 0 bridgehead atoms. The molecule has 2 unspecified atom stereocenters. The quantitative estimate of drug-likeness (QED) is 0.431. The van der Waals surface area contributed by atoms with E-state index in [1.165, 1.54) is 0 Å². The highest BCUT2D eigenvalue weighted by atomic mass is 16.6. The van der Waals surface area contributed by atoms with Crippen LogP contribution in [0, 0.1) is 0 Å². The zero-order valence-corrected chi connectivity index (χ0v) is 7.36. The second kappa shape index (κ2) is 5.48. The molecular formula is C8H16O4. The van der Waals surface area contributed by atoms with Crippen molar-refractivity contribution in [1.29, 1.82) is 0 Å². The van der Waals surface area contributed by atoms with E-state index in [-0.39, 0.29) is 12.7 Å². The highest BCUT2D eigenvalue weighted by molar-refractivity contribution is 4.75. The van der Waals surface area contributed by atoms with Gasteiger partial charge in [-0.05, 0) is 6.92 Å². The molecule has 4 nitrogen and oxygen atoms in total. The van der Waals surface area contributed by atoms with Crippen LogP contribution in [0.1, 0.15) is 6.92 Å². The van der Waals surface area contributed by atoms with Crippen molar-refractivity contribution in [3.05, 3.63) is 0 Å². The number of aliphatic hydroxyl groups is 1. The first-order chi connectivity index (χ1) is 5.84. The molecule has 2 atom stereocenters. The SMILES string of the molecule is CC(OCCOCCO)C1CO1. The summed E-state index contributed by atoms with van der Waals surface area (Å²) in [6.07, 6.45) is 0.463. The first-order valence-electron chi connectivity index (χ1n) is 4.26. The van der Waals surface area contributed by atoms with Crippen molar-refractivity contribution >= 4 is 0 Å². The van der Waals surface area contributed by atoms with Gasteiger partial charge in [0, 0.05) is 0 Å². The van der Waals surface area contributed by atoms with Gasteiger partial charge in [0.1, 0.15) is 6.10 Å². The minimum absolute atomic E-state index is 0.0707. The summed E-state index contributed by atoms with van der Waals surface area (Å²) in [5, 5.41) is 8.39. The lowest BCUT2D eigenvalue weighted by Gasteiger charge is -2.09. The third-order valence-electron chi connectivity index (χ3n) is 1.73. The minimum atomic E-state index is 0.0707. The Morgan fingerprint density at radius 3 is 2.83 bits per heavy atom. The van der Waals surface area contributed by atoms with Crippen molar-refractivity contribution in [2.75, 3.05) is 33.0 Å². The molecule has 1 saturated heterocycles. The maximum absolute atomic E-state index is 8.39. The Morgan fingerprint density at radius 1 is 1.50 bits per heavy atom. The van der Waals surface area contributed by atoms with Crippen LogP contribution in [0.4, 0.5) is 0 Å². The van der Waals surface area contributed by atoms with Crippen LogP contribution < -0.4 is 0 Å². The van der Waals surface area contributed by atoms with Gasteiger partial charge in [-0.3, -0.25) is 0 Å². The second-order valence-corrected chi connectivity index (χ2v) is 2.78. The van der Waals surface area contributed by atoms with E-state index >= 15 is 0 Å². The van der Waals surface area contributed by atoms with Crippen LogP contribution >= 0.6 is 0 Å². The number of rotatable bonds is 7. The molecule has 1 aliphatic rings.